The van der Waals surface area contributed by atoms with Gasteiger partial charge >= 0.3 is 5.97 Å². The van der Waals surface area contributed by atoms with Crippen molar-refractivity contribution in [2.75, 3.05) is 13.4 Å². The molecule has 0 aromatic carbocycles. The first-order valence-electron chi connectivity index (χ1n) is 5.75. The molecule has 0 spiro atoms. The Morgan fingerprint density at radius 3 is 2.76 bits per heavy atom. The quantitative estimate of drug-likeness (QED) is 0.470. The van der Waals surface area contributed by atoms with E-state index < -0.39 is 0 Å². The van der Waals surface area contributed by atoms with E-state index in [9.17, 15) is 4.79 Å². The number of carbonyl (C=O) groups excluding carboxylic acids is 1. The second-order valence-corrected chi connectivity index (χ2v) is 4.90. The van der Waals surface area contributed by atoms with E-state index in [0.717, 1.165) is 23.7 Å². The standard InChI is InChI=1S/C12H16N2O2S/c1-16-11(15)9-7-13-12(17-2)14-10(9)8-5-3-4-6-8/h7-8H,3-6H2,1-2H3. The van der Waals surface area contributed by atoms with Gasteiger partial charge in [0.25, 0.3) is 0 Å². The predicted octanol–water partition coefficient (Wildman–Crippen LogP) is 2.64. The van der Waals surface area contributed by atoms with Crippen molar-refractivity contribution in [2.24, 2.45) is 0 Å². The summed E-state index contributed by atoms with van der Waals surface area (Å²) in [5.74, 6) is 0.0533. The molecule has 0 radical (unpaired) electrons. The zero-order valence-electron chi connectivity index (χ0n) is 10.1. The van der Waals surface area contributed by atoms with Crippen molar-refractivity contribution in [2.45, 2.75) is 36.8 Å². The van der Waals surface area contributed by atoms with Crippen LogP contribution in [0.5, 0.6) is 0 Å². The van der Waals surface area contributed by atoms with Crippen molar-refractivity contribution in [3.8, 4) is 0 Å². The van der Waals surface area contributed by atoms with E-state index in [0.29, 0.717) is 11.5 Å². The molecule has 1 aliphatic rings. The molecule has 0 bridgehead atoms. The summed E-state index contributed by atoms with van der Waals surface area (Å²) in [4.78, 5) is 20.3. The summed E-state index contributed by atoms with van der Waals surface area (Å²) in [7, 11) is 1.39. The number of esters is 1. The van der Waals surface area contributed by atoms with Crippen LogP contribution < -0.4 is 0 Å². The molecule has 1 saturated carbocycles. The monoisotopic (exact) mass is 252 g/mol. The van der Waals surface area contributed by atoms with E-state index in [2.05, 4.69) is 9.97 Å². The van der Waals surface area contributed by atoms with Crippen LogP contribution in [0, 0.1) is 0 Å². The molecule has 0 saturated heterocycles. The lowest BCUT2D eigenvalue weighted by atomic mass is 10.00. The maximum atomic E-state index is 11.7. The minimum Gasteiger partial charge on any atom is -0.465 e. The molecule has 1 aromatic heterocycles. The molecule has 0 N–H and O–H groups in total. The minimum atomic E-state index is -0.334. The summed E-state index contributed by atoms with van der Waals surface area (Å²) in [6.45, 7) is 0. The Kier molecular flexibility index (Phi) is 3.99. The van der Waals surface area contributed by atoms with Gasteiger partial charge < -0.3 is 4.74 Å². The first-order valence-corrected chi connectivity index (χ1v) is 6.98. The highest BCUT2D eigenvalue weighted by molar-refractivity contribution is 7.98. The molecule has 0 atom stereocenters. The average Bonchev–Trinajstić information content (AvgIpc) is 2.91. The van der Waals surface area contributed by atoms with Crippen LogP contribution in [0.1, 0.15) is 47.7 Å². The van der Waals surface area contributed by atoms with Crippen molar-refractivity contribution in [1.29, 1.82) is 0 Å². The summed E-state index contributed by atoms with van der Waals surface area (Å²) in [6, 6.07) is 0. The van der Waals surface area contributed by atoms with Gasteiger partial charge in [0.2, 0.25) is 0 Å². The third-order valence-electron chi connectivity index (χ3n) is 3.13. The van der Waals surface area contributed by atoms with E-state index in [4.69, 9.17) is 4.74 Å². The highest BCUT2D eigenvalue weighted by atomic mass is 32.2. The highest BCUT2D eigenvalue weighted by Crippen LogP contribution is 2.35. The zero-order valence-corrected chi connectivity index (χ0v) is 10.9. The Bertz CT molecular complexity index is 417. The molecule has 2 rings (SSSR count). The van der Waals surface area contributed by atoms with Gasteiger partial charge in [-0.2, -0.15) is 0 Å². The highest BCUT2D eigenvalue weighted by Gasteiger charge is 2.25. The number of hydrogen-bond donors (Lipinski definition) is 0. The Morgan fingerprint density at radius 2 is 2.18 bits per heavy atom. The van der Waals surface area contributed by atoms with Crippen LogP contribution in [0.3, 0.4) is 0 Å². The fraction of sp³-hybridized carbons (Fsp3) is 0.583. The van der Waals surface area contributed by atoms with Crippen LogP contribution in [0.15, 0.2) is 11.4 Å². The fourth-order valence-corrected chi connectivity index (χ4v) is 2.60. The molecule has 92 valence electrons. The summed E-state index contributed by atoms with van der Waals surface area (Å²) < 4.78 is 4.78. The van der Waals surface area contributed by atoms with Crippen LogP contribution >= 0.6 is 11.8 Å². The molecule has 5 heteroatoms. The van der Waals surface area contributed by atoms with Gasteiger partial charge in [-0.05, 0) is 19.1 Å². The van der Waals surface area contributed by atoms with E-state index in [1.807, 2.05) is 6.26 Å². The Balaban J connectivity index is 2.39. The lowest BCUT2D eigenvalue weighted by molar-refractivity contribution is 0.0597. The summed E-state index contributed by atoms with van der Waals surface area (Å²) in [5.41, 5.74) is 1.39. The number of methoxy groups -OCH3 is 1. The lowest BCUT2D eigenvalue weighted by Crippen LogP contribution is -2.11. The van der Waals surface area contributed by atoms with Gasteiger partial charge in [0, 0.05) is 12.1 Å². The maximum Gasteiger partial charge on any atom is 0.341 e. The first kappa shape index (κ1) is 12.4. The Labute approximate surface area is 105 Å². The number of ether oxygens (including phenoxy) is 1. The van der Waals surface area contributed by atoms with Gasteiger partial charge in [0.15, 0.2) is 5.16 Å². The molecule has 1 aromatic rings. The van der Waals surface area contributed by atoms with E-state index in [-0.39, 0.29) is 5.97 Å². The van der Waals surface area contributed by atoms with E-state index in [1.165, 1.54) is 31.7 Å². The van der Waals surface area contributed by atoms with Crippen LogP contribution in [0.4, 0.5) is 0 Å². The van der Waals surface area contributed by atoms with E-state index in [1.54, 1.807) is 6.20 Å². The number of rotatable bonds is 3. The Hall–Kier alpha value is -1.10. The van der Waals surface area contributed by atoms with Crippen molar-refractivity contribution in [3.05, 3.63) is 17.5 Å². The third-order valence-corrected chi connectivity index (χ3v) is 3.69. The second kappa shape index (κ2) is 5.49. The molecule has 0 amide bonds. The van der Waals surface area contributed by atoms with Crippen LogP contribution in [0.25, 0.3) is 0 Å². The molecule has 17 heavy (non-hydrogen) atoms. The fourth-order valence-electron chi connectivity index (χ4n) is 2.25. The van der Waals surface area contributed by atoms with Gasteiger partial charge in [-0.1, -0.05) is 24.6 Å². The van der Waals surface area contributed by atoms with Gasteiger partial charge in [-0.15, -0.1) is 0 Å². The summed E-state index contributed by atoms with van der Waals surface area (Å²) >= 11 is 1.50. The van der Waals surface area contributed by atoms with Gasteiger partial charge in [-0.3, -0.25) is 0 Å². The normalized spacial score (nSPS) is 16.1. The van der Waals surface area contributed by atoms with Crippen molar-refractivity contribution < 1.29 is 9.53 Å². The molecule has 1 aliphatic carbocycles. The SMILES string of the molecule is COC(=O)c1cnc(SC)nc1C1CCCC1. The topological polar surface area (TPSA) is 52.1 Å². The first-order chi connectivity index (χ1) is 8.26. The van der Waals surface area contributed by atoms with Gasteiger partial charge in [0.05, 0.1) is 18.4 Å². The molecule has 0 aliphatic heterocycles. The van der Waals surface area contributed by atoms with Crippen LogP contribution in [-0.4, -0.2) is 29.3 Å². The summed E-state index contributed by atoms with van der Waals surface area (Å²) in [5, 5.41) is 0.722. The zero-order chi connectivity index (χ0) is 12.3. The van der Waals surface area contributed by atoms with E-state index >= 15 is 0 Å². The lowest BCUT2D eigenvalue weighted by Gasteiger charge is -2.13. The van der Waals surface area contributed by atoms with Crippen molar-refractivity contribution >= 4 is 17.7 Å². The molecule has 1 fully saturated rings. The van der Waals surface area contributed by atoms with Crippen molar-refractivity contribution in [3.63, 3.8) is 0 Å². The largest absolute Gasteiger partial charge is 0.465 e. The number of thioether (sulfide) groups is 1. The maximum absolute atomic E-state index is 11.7. The van der Waals surface area contributed by atoms with Crippen molar-refractivity contribution in [1.82, 2.24) is 9.97 Å². The smallest absolute Gasteiger partial charge is 0.341 e. The molecule has 0 unspecified atom stereocenters. The number of hydrogen-bond acceptors (Lipinski definition) is 5. The molecule has 4 nitrogen and oxygen atoms in total. The Morgan fingerprint density at radius 1 is 1.47 bits per heavy atom. The number of carbonyl (C=O) groups is 1. The second-order valence-electron chi connectivity index (χ2n) is 4.13. The van der Waals surface area contributed by atoms with Gasteiger partial charge in [-0.25, -0.2) is 14.8 Å². The van der Waals surface area contributed by atoms with Crippen LogP contribution in [0.2, 0.25) is 0 Å². The minimum absolute atomic E-state index is 0.334. The third kappa shape index (κ3) is 2.60. The molecule has 1 heterocycles. The number of nitrogens with zero attached hydrogens (tertiary/aromatic N) is 2. The number of aromatic nitrogens is 2. The van der Waals surface area contributed by atoms with Crippen LogP contribution in [-0.2, 0) is 4.74 Å². The van der Waals surface area contributed by atoms with Gasteiger partial charge in [0.1, 0.15) is 0 Å². The predicted molar refractivity (Wildman–Crippen MR) is 66.4 cm³/mol. The average molecular weight is 252 g/mol. The summed E-state index contributed by atoms with van der Waals surface area (Å²) in [6.07, 6.45) is 8.17. The molecular formula is C12H16N2O2S. The molecular weight excluding hydrogens is 236 g/mol.